The van der Waals surface area contributed by atoms with Gasteiger partial charge in [0.05, 0.1) is 19.8 Å². The van der Waals surface area contributed by atoms with Crippen LogP contribution in [0.15, 0.2) is 42.5 Å². The lowest BCUT2D eigenvalue weighted by Gasteiger charge is -2.22. The van der Waals surface area contributed by atoms with Gasteiger partial charge in [-0.25, -0.2) is 0 Å². The molecule has 1 atom stereocenters. The Morgan fingerprint density at radius 3 is 2.00 bits per heavy atom. The van der Waals surface area contributed by atoms with Crippen LogP contribution in [0.4, 0.5) is 0 Å². The van der Waals surface area contributed by atoms with Crippen molar-refractivity contribution in [1.29, 1.82) is 0 Å². The molecule has 0 fully saturated rings. The zero-order chi connectivity index (χ0) is 19.3. The minimum absolute atomic E-state index is 0.395. The highest BCUT2D eigenvalue weighted by molar-refractivity contribution is 5.78. The normalized spacial score (nSPS) is 12.4. The third kappa shape index (κ3) is 4.99. The minimum Gasteiger partial charge on any atom is -0.496 e. The zero-order valence-corrected chi connectivity index (χ0v) is 16.0. The molecule has 0 bridgehead atoms. The summed E-state index contributed by atoms with van der Waals surface area (Å²) in [5.41, 5.74) is 8.25. The first-order chi connectivity index (χ1) is 12.2. The Labute approximate surface area is 155 Å². The molecule has 0 aliphatic carbocycles. The van der Waals surface area contributed by atoms with Crippen molar-refractivity contribution in [3.05, 3.63) is 48.0 Å². The highest BCUT2D eigenvalue weighted by atomic mass is 16.6. The molecule has 5 heteroatoms. The smallest absolute Gasteiger partial charge is 0.323 e. The second kappa shape index (κ2) is 8.23. The molecule has 0 aromatic heterocycles. The van der Waals surface area contributed by atoms with E-state index in [1.165, 1.54) is 0 Å². The summed E-state index contributed by atoms with van der Waals surface area (Å²) in [4.78, 5) is 12.0. The van der Waals surface area contributed by atoms with Crippen molar-refractivity contribution >= 4 is 5.97 Å². The fourth-order valence-electron chi connectivity index (χ4n) is 2.66. The van der Waals surface area contributed by atoms with Gasteiger partial charge in [-0.3, -0.25) is 4.79 Å². The first-order valence-corrected chi connectivity index (χ1v) is 8.54. The summed E-state index contributed by atoms with van der Waals surface area (Å²) in [5, 5.41) is 0. The Balaban J connectivity index is 2.18. The molecule has 0 amide bonds. The SMILES string of the molecule is COc1cccc(OC)c1-c1ccc(C[C@H](N)C(=O)OC(C)(C)C)cc1. The van der Waals surface area contributed by atoms with Gasteiger partial charge in [-0.05, 0) is 50.5 Å². The van der Waals surface area contributed by atoms with E-state index in [0.29, 0.717) is 6.42 Å². The molecule has 0 aliphatic rings. The molecular weight excluding hydrogens is 330 g/mol. The number of methoxy groups -OCH3 is 2. The standard InChI is InChI=1S/C21H27NO4/c1-21(2,3)26-20(23)16(22)13-14-9-11-15(12-10-14)19-17(24-4)7-6-8-18(19)25-5/h6-12,16H,13,22H2,1-5H3/t16-/m0/s1. The highest BCUT2D eigenvalue weighted by Crippen LogP contribution is 2.38. The topological polar surface area (TPSA) is 70.8 Å². The van der Waals surface area contributed by atoms with E-state index < -0.39 is 17.6 Å². The summed E-state index contributed by atoms with van der Waals surface area (Å²) in [6.45, 7) is 5.48. The number of hydrogen-bond acceptors (Lipinski definition) is 5. The summed E-state index contributed by atoms with van der Waals surface area (Å²) < 4.78 is 16.2. The lowest BCUT2D eigenvalue weighted by atomic mass is 9.99. The van der Waals surface area contributed by atoms with E-state index in [9.17, 15) is 4.79 Å². The van der Waals surface area contributed by atoms with Gasteiger partial charge in [0.1, 0.15) is 23.1 Å². The van der Waals surface area contributed by atoms with Gasteiger partial charge in [-0.15, -0.1) is 0 Å². The molecule has 2 aromatic carbocycles. The Morgan fingerprint density at radius 1 is 1.00 bits per heavy atom. The summed E-state index contributed by atoms with van der Waals surface area (Å²) in [6, 6.07) is 12.8. The fraction of sp³-hybridized carbons (Fsp3) is 0.381. The van der Waals surface area contributed by atoms with Crippen LogP contribution in [0.1, 0.15) is 26.3 Å². The summed E-state index contributed by atoms with van der Waals surface area (Å²) in [7, 11) is 3.26. The fourth-order valence-corrected chi connectivity index (χ4v) is 2.66. The van der Waals surface area contributed by atoms with Crippen molar-refractivity contribution < 1.29 is 19.0 Å². The lowest BCUT2D eigenvalue weighted by molar-refractivity contribution is -0.156. The highest BCUT2D eigenvalue weighted by Gasteiger charge is 2.22. The predicted molar refractivity (Wildman–Crippen MR) is 103 cm³/mol. The van der Waals surface area contributed by atoms with Gasteiger partial charge in [-0.2, -0.15) is 0 Å². The van der Waals surface area contributed by atoms with Crippen LogP contribution in [-0.4, -0.2) is 31.8 Å². The Bertz CT molecular complexity index is 725. The molecule has 26 heavy (non-hydrogen) atoms. The largest absolute Gasteiger partial charge is 0.496 e. The second-order valence-corrected chi connectivity index (χ2v) is 7.08. The van der Waals surface area contributed by atoms with Crippen molar-refractivity contribution in [2.24, 2.45) is 5.73 Å². The maximum Gasteiger partial charge on any atom is 0.323 e. The molecule has 0 saturated heterocycles. The molecule has 2 rings (SSSR count). The molecule has 0 unspecified atom stereocenters. The lowest BCUT2D eigenvalue weighted by Crippen LogP contribution is -2.38. The number of rotatable bonds is 6. The van der Waals surface area contributed by atoms with E-state index in [2.05, 4.69) is 0 Å². The third-order valence-electron chi connectivity index (χ3n) is 3.84. The molecule has 2 aromatic rings. The number of ether oxygens (including phenoxy) is 3. The Hall–Kier alpha value is -2.53. The van der Waals surface area contributed by atoms with Gasteiger partial charge >= 0.3 is 5.97 Å². The van der Waals surface area contributed by atoms with E-state index in [1.54, 1.807) is 14.2 Å². The average molecular weight is 357 g/mol. The van der Waals surface area contributed by atoms with E-state index in [-0.39, 0.29) is 0 Å². The van der Waals surface area contributed by atoms with E-state index in [0.717, 1.165) is 28.2 Å². The summed E-state index contributed by atoms with van der Waals surface area (Å²) in [6.07, 6.45) is 0.415. The maximum absolute atomic E-state index is 12.0. The van der Waals surface area contributed by atoms with Gasteiger partial charge in [-0.1, -0.05) is 30.3 Å². The van der Waals surface area contributed by atoms with Crippen LogP contribution in [0.5, 0.6) is 11.5 Å². The van der Waals surface area contributed by atoms with Crippen molar-refractivity contribution in [2.45, 2.75) is 38.8 Å². The number of nitrogens with two attached hydrogens (primary N) is 1. The van der Waals surface area contributed by atoms with Crippen LogP contribution >= 0.6 is 0 Å². The monoisotopic (exact) mass is 357 g/mol. The average Bonchev–Trinajstić information content (AvgIpc) is 2.60. The Morgan fingerprint density at radius 2 is 1.54 bits per heavy atom. The van der Waals surface area contributed by atoms with Gasteiger partial charge in [0, 0.05) is 0 Å². The maximum atomic E-state index is 12.0. The number of carbonyl (C=O) groups is 1. The first-order valence-electron chi connectivity index (χ1n) is 8.54. The Kier molecular flexibility index (Phi) is 6.27. The third-order valence-corrected chi connectivity index (χ3v) is 3.84. The van der Waals surface area contributed by atoms with Crippen molar-refractivity contribution in [3.63, 3.8) is 0 Å². The van der Waals surface area contributed by atoms with Gasteiger partial charge in [0.15, 0.2) is 0 Å². The van der Waals surface area contributed by atoms with Gasteiger partial charge in [0.25, 0.3) is 0 Å². The number of hydrogen-bond donors (Lipinski definition) is 1. The van der Waals surface area contributed by atoms with Crippen LogP contribution in [0.3, 0.4) is 0 Å². The van der Waals surface area contributed by atoms with Crippen LogP contribution in [0.25, 0.3) is 11.1 Å². The number of esters is 1. The molecular formula is C21H27NO4. The van der Waals surface area contributed by atoms with E-state index in [1.807, 2.05) is 63.2 Å². The molecule has 0 saturated carbocycles. The molecule has 0 aliphatic heterocycles. The molecule has 2 N–H and O–H groups in total. The van der Waals surface area contributed by atoms with Crippen LogP contribution in [0.2, 0.25) is 0 Å². The molecule has 0 radical (unpaired) electrons. The van der Waals surface area contributed by atoms with E-state index in [4.69, 9.17) is 19.9 Å². The minimum atomic E-state index is -0.694. The van der Waals surface area contributed by atoms with Crippen LogP contribution in [-0.2, 0) is 16.0 Å². The number of benzene rings is 2. The quantitative estimate of drug-likeness (QED) is 0.800. The van der Waals surface area contributed by atoms with Crippen molar-refractivity contribution in [1.82, 2.24) is 0 Å². The first kappa shape index (κ1) is 19.8. The molecule has 140 valence electrons. The molecule has 5 nitrogen and oxygen atoms in total. The van der Waals surface area contributed by atoms with Gasteiger partial charge in [0.2, 0.25) is 0 Å². The van der Waals surface area contributed by atoms with Crippen molar-refractivity contribution in [2.75, 3.05) is 14.2 Å². The van der Waals surface area contributed by atoms with Crippen molar-refractivity contribution in [3.8, 4) is 22.6 Å². The van der Waals surface area contributed by atoms with E-state index >= 15 is 0 Å². The second-order valence-electron chi connectivity index (χ2n) is 7.08. The van der Waals surface area contributed by atoms with Gasteiger partial charge < -0.3 is 19.9 Å². The molecule has 0 spiro atoms. The summed E-state index contributed by atoms with van der Waals surface area (Å²) >= 11 is 0. The zero-order valence-electron chi connectivity index (χ0n) is 16.0. The molecule has 0 heterocycles. The number of carbonyl (C=O) groups excluding carboxylic acids is 1. The van der Waals surface area contributed by atoms with Crippen LogP contribution < -0.4 is 15.2 Å². The summed E-state index contributed by atoms with van der Waals surface area (Å²) in [5.74, 6) is 1.08. The predicted octanol–water partition coefficient (Wildman–Crippen LogP) is 3.58. The van der Waals surface area contributed by atoms with Crippen LogP contribution in [0, 0.1) is 0 Å².